The number of nitrogens with one attached hydrogen (secondary N) is 1. The first kappa shape index (κ1) is 25.5. The zero-order valence-corrected chi connectivity index (χ0v) is 19.9. The summed E-state index contributed by atoms with van der Waals surface area (Å²) in [5.74, 6) is -0.701. The van der Waals surface area contributed by atoms with Crippen molar-refractivity contribution in [1.29, 1.82) is 0 Å². The van der Waals surface area contributed by atoms with Gasteiger partial charge in [-0.25, -0.2) is 9.59 Å². The maximum absolute atomic E-state index is 12.8. The molecule has 0 aliphatic heterocycles. The monoisotopic (exact) mass is 495 g/mol. The van der Waals surface area contributed by atoms with Crippen molar-refractivity contribution in [2.24, 2.45) is 0 Å². The third kappa shape index (κ3) is 7.44. The van der Waals surface area contributed by atoms with Crippen molar-refractivity contribution in [3.63, 3.8) is 0 Å². The predicted octanol–water partition coefficient (Wildman–Crippen LogP) is 5.50. The molecule has 0 fully saturated rings. The number of carbonyl (C=O) groups excluding carboxylic acids is 1. The van der Waals surface area contributed by atoms with Gasteiger partial charge in [-0.05, 0) is 60.9 Å². The summed E-state index contributed by atoms with van der Waals surface area (Å²) < 4.78 is 16.8. The average Bonchev–Trinajstić information content (AvgIpc) is 2.86. The molecular weight excluding hydrogens is 470 g/mol. The van der Waals surface area contributed by atoms with Crippen LogP contribution < -0.4 is 14.8 Å². The van der Waals surface area contributed by atoms with Crippen molar-refractivity contribution in [2.75, 3.05) is 18.7 Å². The lowest BCUT2D eigenvalue weighted by molar-refractivity contribution is -0.131. The summed E-state index contributed by atoms with van der Waals surface area (Å²) >= 11 is 1.57. The van der Waals surface area contributed by atoms with Crippen LogP contribution in [-0.4, -0.2) is 41.7 Å². The van der Waals surface area contributed by atoms with Crippen molar-refractivity contribution in [1.82, 2.24) is 0 Å². The molecule has 182 valence electrons. The van der Waals surface area contributed by atoms with Gasteiger partial charge in [0.15, 0.2) is 23.7 Å². The second kappa shape index (κ2) is 12.4. The van der Waals surface area contributed by atoms with Crippen LogP contribution >= 0.6 is 11.8 Å². The number of para-hydroxylation sites is 1. The highest BCUT2D eigenvalue weighted by Gasteiger charge is 2.29. The number of benzene rings is 3. The van der Waals surface area contributed by atoms with Crippen LogP contribution in [0.25, 0.3) is 0 Å². The van der Waals surface area contributed by atoms with E-state index in [0.717, 1.165) is 11.0 Å². The normalized spacial score (nSPS) is 12.5. The lowest BCUT2D eigenvalue weighted by Gasteiger charge is -2.26. The molecule has 0 unspecified atom stereocenters. The van der Waals surface area contributed by atoms with Gasteiger partial charge in [-0.1, -0.05) is 24.3 Å². The molecule has 0 saturated heterocycles. The van der Waals surface area contributed by atoms with Gasteiger partial charge in [0.1, 0.15) is 5.75 Å². The second-order valence-electron chi connectivity index (χ2n) is 7.20. The van der Waals surface area contributed by atoms with Gasteiger partial charge in [-0.2, -0.15) is 0 Å². The van der Waals surface area contributed by atoms with Gasteiger partial charge >= 0.3 is 12.1 Å². The van der Waals surface area contributed by atoms with Crippen molar-refractivity contribution >= 4 is 29.5 Å². The number of aliphatic carboxylic acids is 1. The van der Waals surface area contributed by atoms with E-state index in [1.54, 1.807) is 60.3 Å². The standard InChI is InChI=1S/C26H25NO7S/c1-32-22-13-8-17(16-21(22)28)25(34-26(31)27-18-9-11-20(35-2)12-10-18)23(14-15-24(29)30)33-19-6-4-3-5-7-19/h3-16,23,25,28H,1-2H3,(H,27,31)(H,29,30)/b15-14+/t23-,25-/m1/s1. The highest BCUT2D eigenvalue weighted by molar-refractivity contribution is 7.98. The number of methoxy groups -OCH3 is 1. The molecule has 0 radical (unpaired) electrons. The molecule has 0 aliphatic rings. The molecule has 3 aromatic carbocycles. The number of phenols is 1. The van der Waals surface area contributed by atoms with Gasteiger partial charge in [0, 0.05) is 22.2 Å². The fourth-order valence-corrected chi connectivity index (χ4v) is 3.59. The number of hydrogen-bond donors (Lipinski definition) is 3. The minimum atomic E-state index is -1.19. The van der Waals surface area contributed by atoms with Gasteiger partial charge in [0.2, 0.25) is 0 Å². The molecular formula is C26H25NO7S. The minimum absolute atomic E-state index is 0.174. The predicted molar refractivity (Wildman–Crippen MR) is 133 cm³/mol. The second-order valence-corrected chi connectivity index (χ2v) is 8.08. The van der Waals surface area contributed by atoms with Crippen LogP contribution in [0.5, 0.6) is 17.2 Å². The lowest BCUT2D eigenvalue weighted by Crippen LogP contribution is -2.29. The number of phenolic OH excluding ortho intramolecular Hbond substituents is 1. The number of amides is 1. The minimum Gasteiger partial charge on any atom is -0.504 e. The summed E-state index contributed by atoms with van der Waals surface area (Å²) in [5.41, 5.74) is 0.887. The van der Waals surface area contributed by atoms with Gasteiger partial charge in [-0.3, -0.25) is 5.32 Å². The van der Waals surface area contributed by atoms with Crippen LogP contribution in [0, 0.1) is 0 Å². The van der Waals surface area contributed by atoms with E-state index in [-0.39, 0.29) is 11.5 Å². The van der Waals surface area contributed by atoms with Crippen molar-refractivity contribution in [2.45, 2.75) is 17.1 Å². The number of thioether (sulfide) groups is 1. The van der Waals surface area contributed by atoms with E-state index in [4.69, 9.17) is 14.2 Å². The summed E-state index contributed by atoms with van der Waals surface area (Å²) in [4.78, 5) is 25.1. The SMILES string of the molecule is COc1ccc([C@@H](OC(=O)Nc2ccc(SC)cc2)[C@@H](/C=C/C(=O)O)Oc2ccccc2)cc1O. The molecule has 3 rings (SSSR count). The Morgan fingerprint density at radius 3 is 2.34 bits per heavy atom. The Kier molecular flexibility index (Phi) is 9.02. The highest BCUT2D eigenvalue weighted by Crippen LogP contribution is 2.33. The van der Waals surface area contributed by atoms with Crippen molar-refractivity contribution < 1.29 is 34.0 Å². The van der Waals surface area contributed by atoms with E-state index in [9.17, 15) is 19.8 Å². The maximum atomic E-state index is 12.8. The first-order valence-electron chi connectivity index (χ1n) is 10.5. The van der Waals surface area contributed by atoms with Gasteiger partial charge < -0.3 is 24.4 Å². The number of aromatic hydroxyl groups is 1. The van der Waals surface area contributed by atoms with Crippen LogP contribution in [0.15, 0.2) is 89.8 Å². The first-order valence-corrected chi connectivity index (χ1v) is 11.7. The Hall–Kier alpha value is -4.11. The van der Waals surface area contributed by atoms with Gasteiger partial charge in [0.05, 0.1) is 7.11 Å². The van der Waals surface area contributed by atoms with E-state index in [1.165, 1.54) is 25.3 Å². The van der Waals surface area contributed by atoms with E-state index < -0.39 is 24.3 Å². The van der Waals surface area contributed by atoms with Gasteiger partial charge in [-0.15, -0.1) is 11.8 Å². The van der Waals surface area contributed by atoms with Crippen LogP contribution in [0.1, 0.15) is 11.7 Å². The number of carboxylic acid groups (broad SMARTS) is 1. The summed E-state index contributed by atoms with van der Waals surface area (Å²) in [6, 6.07) is 20.4. The smallest absolute Gasteiger partial charge is 0.412 e. The third-order valence-electron chi connectivity index (χ3n) is 4.84. The highest BCUT2D eigenvalue weighted by atomic mass is 32.2. The van der Waals surface area contributed by atoms with Crippen LogP contribution in [-0.2, 0) is 9.53 Å². The van der Waals surface area contributed by atoms with Crippen LogP contribution in [0.4, 0.5) is 10.5 Å². The number of anilines is 1. The quantitative estimate of drug-likeness (QED) is 0.250. The Balaban J connectivity index is 1.94. The Bertz CT molecular complexity index is 1170. The summed E-state index contributed by atoms with van der Waals surface area (Å²) in [7, 11) is 1.41. The van der Waals surface area contributed by atoms with Crippen LogP contribution in [0.2, 0.25) is 0 Å². The van der Waals surface area contributed by atoms with Crippen LogP contribution in [0.3, 0.4) is 0 Å². The molecule has 0 heterocycles. The largest absolute Gasteiger partial charge is 0.504 e. The summed E-state index contributed by atoms with van der Waals surface area (Å²) in [5, 5.41) is 22.2. The summed E-state index contributed by atoms with van der Waals surface area (Å²) in [6.07, 6.45) is 1.20. The van der Waals surface area contributed by atoms with E-state index >= 15 is 0 Å². The molecule has 35 heavy (non-hydrogen) atoms. The topological polar surface area (TPSA) is 114 Å². The fraction of sp³-hybridized carbons (Fsp3) is 0.154. The zero-order valence-electron chi connectivity index (χ0n) is 19.1. The Labute approximate surface area is 207 Å². The number of ether oxygens (including phenoxy) is 3. The number of hydrogen-bond acceptors (Lipinski definition) is 7. The van der Waals surface area contributed by atoms with E-state index in [1.807, 2.05) is 18.4 Å². The van der Waals surface area contributed by atoms with Crippen molar-refractivity contribution in [3.05, 3.63) is 90.5 Å². The van der Waals surface area contributed by atoms with Gasteiger partial charge in [0.25, 0.3) is 0 Å². The molecule has 0 aliphatic carbocycles. The molecule has 0 bridgehead atoms. The molecule has 0 spiro atoms. The Morgan fingerprint density at radius 1 is 1.03 bits per heavy atom. The molecule has 0 saturated carbocycles. The van der Waals surface area contributed by atoms with E-state index in [2.05, 4.69) is 5.32 Å². The lowest BCUT2D eigenvalue weighted by atomic mass is 10.0. The number of carboxylic acids is 1. The Morgan fingerprint density at radius 2 is 1.74 bits per heavy atom. The first-order chi connectivity index (χ1) is 16.9. The number of carbonyl (C=O) groups is 2. The van der Waals surface area contributed by atoms with Crippen molar-refractivity contribution in [3.8, 4) is 17.2 Å². The molecule has 0 aromatic heterocycles. The third-order valence-corrected chi connectivity index (χ3v) is 5.59. The van der Waals surface area contributed by atoms with E-state index in [0.29, 0.717) is 17.0 Å². The summed E-state index contributed by atoms with van der Waals surface area (Å²) in [6.45, 7) is 0. The molecule has 2 atom stereocenters. The molecule has 3 N–H and O–H groups in total. The molecule has 9 heteroatoms. The zero-order chi connectivity index (χ0) is 25.2. The maximum Gasteiger partial charge on any atom is 0.412 e. The fourth-order valence-electron chi connectivity index (χ4n) is 3.18. The average molecular weight is 496 g/mol. The number of rotatable bonds is 10. The molecule has 8 nitrogen and oxygen atoms in total. The molecule has 3 aromatic rings. The molecule has 1 amide bonds.